The third-order valence-corrected chi connectivity index (χ3v) is 1.96. The quantitative estimate of drug-likeness (QED) is 0.582. The number of anilines is 1. The lowest BCUT2D eigenvalue weighted by atomic mass is 9.97. The van der Waals surface area contributed by atoms with Crippen LogP contribution in [0, 0.1) is 0 Å². The summed E-state index contributed by atoms with van der Waals surface area (Å²) in [6, 6.07) is 3.71. The molecule has 5 heteroatoms. The number of pyridine rings is 1. The van der Waals surface area contributed by atoms with Crippen LogP contribution in [0.5, 0.6) is 0 Å². The zero-order valence-corrected chi connectivity index (χ0v) is 9.12. The Kier molecular flexibility index (Phi) is 4.67. The van der Waals surface area contributed by atoms with Crippen molar-refractivity contribution in [3.05, 3.63) is 18.3 Å². The van der Waals surface area contributed by atoms with Gasteiger partial charge in [0.2, 0.25) is 0 Å². The molecule has 1 heterocycles. The molecule has 1 rings (SSSR count). The fraction of sp³-hybridized carbons (Fsp3) is 0.400. The number of carbonyl (C=O) groups is 1. The minimum atomic E-state index is -0.440. The van der Waals surface area contributed by atoms with Gasteiger partial charge in [0.15, 0.2) is 0 Å². The van der Waals surface area contributed by atoms with Crippen LogP contribution in [0.15, 0.2) is 18.3 Å². The smallest absolute Gasteiger partial charge is 0.412 e. The van der Waals surface area contributed by atoms with Crippen molar-refractivity contribution in [3.63, 3.8) is 0 Å². The van der Waals surface area contributed by atoms with E-state index in [1.807, 2.05) is 26.9 Å². The summed E-state index contributed by atoms with van der Waals surface area (Å²) in [5.41, 5.74) is 0.921. The molecule has 0 aromatic carbocycles. The molecule has 1 amide bonds. The average molecular weight is 206 g/mol. The number of rotatable bonds is 4. The van der Waals surface area contributed by atoms with Gasteiger partial charge in [-0.1, -0.05) is 19.4 Å². The Hall–Kier alpha value is -1.52. The number of nitrogens with one attached hydrogen (secondary N) is 1. The van der Waals surface area contributed by atoms with Gasteiger partial charge in [-0.3, -0.25) is 5.32 Å². The Morgan fingerprint density at radius 3 is 3.13 bits per heavy atom. The van der Waals surface area contributed by atoms with E-state index in [1.165, 1.54) is 0 Å². The van der Waals surface area contributed by atoms with Crippen molar-refractivity contribution in [2.45, 2.75) is 19.8 Å². The Labute approximate surface area is 90.5 Å². The number of carbonyl (C=O) groups excluding carboxylic acids is 1. The van der Waals surface area contributed by atoms with Gasteiger partial charge in [0.05, 0.1) is 6.61 Å². The molecule has 0 saturated heterocycles. The summed E-state index contributed by atoms with van der Waals surface area (Å²) in [4.78, 5) is 15.3. The number of ether oxygens (including phenoxy) is 1. The molecular formula is C10H15BN2O2. The van der Waals surface area contributed by atoms with Gasteiger partial charge >= 0.3 is 6.09 Å². The van der Waals surface area contributed by atoms with Gasteiger partial charge in [-0.05, 0) is 17.9 Å². The number of amides is 1. The number of nitrogens with zero attached hydrogens (tertiary/aromatic N) is 1. The molecule has 4 nitrogen and oxygen atoms in total. The maximum Gasteiger partial charge on any atom is 0.412 e. The van der Waals surface area contributed by atoms with Crippen molar-refractivity contribution in [2.24, 2.45) is 0 Å². The lowest BCUT2D eigenvalue weighted by Gasteiger charge is -2.07. The van der Waals surface area contributed by atoms with Crippen LogP contribution in [0.3, 0.4) is 0 Å². The number of aromatic nitrogens is 1. The first-order chi connectivity index (χ1) is 7.24. The molecule has 0 bridgehead atoms. The minimum absolute atomic E-state index is 0.440. The predicted molar refractivity (Wildman–Crippen MR) is 62.3 cm³/mol. The molecule has 0 aliphatic rings. The highest BCUT2D eigenvalue weighted by Crippen LogP contribution is 1.97. The zero-order valence-electron chi connectivity index (χ0n) is 9.12. The fourth-order valence-electron chi connectivity index (χ4n) is 1.06. The highest BCUT2D eigenvalue weighted by molar-refractivity contribution is 6.35. The van der Waals surface area contributed by atoms with E-state index in [1.54, 1.807) is 6.20 Å². The third kappa shape index (κ3) is 4.02. The van der Waals surface area contributed by atoms with E-state index in [-0.39, 0.29) is 0 Å². The SMILES string of the molecule is Bc1cccnc1NC(=O)OCCCC. The monoisotopic (exact) mass is 206 g/mol. The highest BCUT2D eigenvalue weighted by atomic mass is 16.5. The molecule has 80 valence electrons. The number of hydrogen-bond donors (Lipinski definition) is 1. The van der Waals surface area contributed by atoms with Crippen LogP contribution in [0.25, 0.3) is 0 Å². The van der Waals surface area contributed by atoms with Gasteiger partial charge in [0, 0.05) is 6.20 Å². The van der Waals surface area contributed by atoms with Crippen LogP contribution in [-0.2, 0) is 4.74 Å². The van der Waals surface area contributed by atoms with Crippen LogP contribution < -0.4 is 10.8 Å². The molecule has 0 atom stereocenters. The van der Waals surface area contributed by atoms with Crippen molar-refractivity contribution < 1.29 is 9.53 Å². The summed E-state index contributed by atoms with van der Waals surface area (Å²) in [6.07, 6.45) is 3.09. The molecule has 1 aromatic heterocycles. The summed E-state index contributed by atoms with van der Waals surface area (Å²) in [6.45, 7) is 2.50. The Morgan fingerprint density at radius 2 is 2.47 bits per heavy atom. The van der Waals surface area contributed by atoms with E-state index in [2.05, 4.69) is 10.3 Å². The zero-order chi connectivity index (χ0) is 11.1. The first-order valence-corrected chi connectivity index (χ1v) is 5.09. The van der Waals surface area contributed by atoms with Gasteiger partial charge in [-0.25, -0.2) is 9.78 Å². The number of unbranched alkanes of at least 4 members (excludes halogenated alkanes) is 1. The van der Waals surface area contributed by atoms with Gasteiger partial charge in [0.25, 0.3) is 0 Å². The minimum Gasteiger partial charge on any atom is -0.449 e. The predicted octanol–water partition coefficient (Wildman–Crippen LogP) is 0.689. The van der Waals surface area contributed by atoms with Crippen LogP contribution in [-0.4, -0.2) is 25.5 Å². The molecule has 0 spiro atoms. The summed E-state index contributed by atoms with van der Waals surface area (Å²) in [7, 11) is 1.88. The maximum absolute atomic E-state index is 11.3. The van der Waals surface area contributed by atoms with Crippen molar-refractivity contribution in [1.29, 1.82) is 0 Å². The van der Waals surface area contributed by atoms with E-state index >= 15 is 0 Å². The summed E-state index contributed by atoms with van der Waals surface area (Å²) in [5.74, 6) is 0.555. The van der Waals surface area contributed by atoms with Crippen molar-refractivity contribution in [2.75, 3.05) is 11.9 Å². The van der Waals surface area contributed by atoms with Gasteiger partial charge in [-0.15, -0.1) is 0 Å². The van der Waals surface area contributed by atoms with Gasteiger partial charge < -0.3 is 4.74 Å². The van der Waals surface area contributed by atoms with Crippen LogP contribution in [0.1, 0.15) is 19.8 Å². The van der Waals surface area contributed by atoms with Gasteiger partial charge in [0.1, 0.15) is 13.7 Å². The van der Waals surface area contributed by atoms with Gasteiger partial charge in [-0.2, -0.15) is 0 Å². The molecule has 0 fully saturated rings. The molecule has 0 unspecified atom stereocenters. The van der Waals surface area contributed by atoms with Crippen LogP contribution >= 0.6 is 0 Å². The second-order valence-corrected chi connectivity index (χ2v) is 3.28. The largest absolute Gasteiger partial charge is 0.449 e. The molecule has 1 aromatic rings. The molecule has 0 aliphatic heterocycles. The lowest BCUT2D eigenvalue weighted by molar-refractivity contribution is 0.160. The van der Waals surface area contributed by atoms with Crippen molar-refractivity contribution in [3.8, 4) is 0 Å². The Balaban J connectivity index is 2.41. The first-order valence-electron chi connectivity index (χ1n) is 5.09. The first kappa shape index (κ1) is 11.6. The number of hydrogen-bond acceptors (Lipinski definition) is 3. The molecule has 0 aliphatic carbocycles. The average Bonchev–Trinajstić information content (AvgIpc) is 2.22. The summed E-state index contributed by atoms with van der Waals surface area (Å²) >= 11 is 0. The van der Waals surface area contributed by atoms with Crippen LogP contribution in [0.4, 0.5) is 10.6 Å². The summed E-state index contributed by atoms with van der Waals surface area (Å²) in [5, 5.41) is 2.60. The van der Waals surface area contributed by atoms with E-state index in [0.717, 1.165) is 18.3 Å². The lowest BCUT2D eigenvalue weighted by Crippen LogP contribution is -2.21. The van der Waals surface area contributed by atoms with E-state index < -0.39 is 6.09 Å². The molecule has 0 radical (unpaired) electrons. The van der Waals surface area contributed by atoms with Crippen LogP contribution in [0.2, 0.25) is 0 Å². The summed E-state index contributed by atoms with van der Waals surface area (Å²) < 4.78 is 4.95. The van der Waals surface area contributed by atoms with Crippen molar-refractivity contribution >= 4 is 25.2 Å². The second kappa shape index (κ2) is 6.06. The highest BCUT2D eigenvalue weighted by Gasteiger charge is 2.04. The standard InChI is InChI=1S/C10H15BN2O2/c1-2-3-7-15-10(14)13-9-8(11)5-4-6-12-9/h4-6H,2-3,7,11H2,1H3,(H,12,13,14). The second-order valence-electron chi connectivity index (χ2n) is 3.28. The maximum atomic E-state index is 11.3. The normalized spacial score (nSPS) is 9.67. The van der Waals surface area contributed by atoms with E-state index in [9.17, 15) is 4.79 Å². The molecular weight excluding hydrogens is 191 g/mol. The Bertz CT molecular complexity index is 331. The van der Waals surface area contributed by atoms with E-state index in [4.69, 9.17) is 4.74 Å². The van der Waals surface area contributed by atoms with E-state index in [0.29, 0.717) is 12.4 Å². The molecule has 0 saturated carbocycles. The van der Waals surface area contributed by atoms with Crippen molar-refractivity contribution in [1.82, 2.24) is 4.98 Å². The molecule has 1 N–H and O–H groups in total. The topological polar surface area (TPSA) is 51.2 Å². The third-order valence-electron chi connectivity index (χ3n) is 1.96. The molecule has 15 heavy (non-hydrogen) atoms. The fourth-order valence-corrected chi connectivity index (χ4v) is 1.06. The Morgan fingerprint density at radius 1 is 1.67 bits per heavy atom.